The lowest BCUT2D eigenvalue weighted by atomic mass is 9.96. The quantitative estimate of drug-likeness (QED) is 0.150. The highest BCUT2D eigenvalue weighted by atomic mass is 15.1. The third-order valence-electron chi connectivity index (χ3n) is 11.8. The number of nitrogens with zero attached hydrogens (tertiary/aromatic N) is 2. The fourth-order valence-electron chi connectivity index (χ4n) is 8.89. The van der Waals surface area contributed by atoms with E-state index in [-0.39, 0.29) is 0 Å². The van der Waals surface area contributed by atoms with Crippen LogP contribution < -0.4 is 4.90 Å². The first-order valence-corrected chi connectivity index (χ1v) is 20.6. The highest BCUT2D eigenvalue weighted by Gasteiger charge is 2.16. The van der Waals surface area contributed by atoms with Crippen molar-refractivity contribution in [2.75, 3.05) is 4.90 Å². The average Bonchev–Trinajstić information content (AvgIpc) is 3.67. The second-order valence-electron chi connectivity index (χ2n) is 15.3. The molecule has 0 bridgehead atoms. The smallest absolute Gasteiger partial charge is 0.0541 e. The molecule has 0 N–H and O–H groups in total. The van der Waals surface area contributed by atoms with Gasteiger partial charge in [-0.25, -0.2) is 0 Å². The SMILES string of the molecule is c1ccc(N(c2ccc(-c3ccc(-c4ccccc4-n4c5ccccc5c5ccccc54)cc3)cc2)c2ccc(-c3ccc(-c4cccc5ccccc45)cc3)cc2)cc1. The number of aromatic nitrogens is 1. The van der Waals surface area contributed by atoms with Gasteiger partial charge in [-0.3, -0.25) is 0 Å². The summed E-state index contributed by atoms with van der Waals surface area (Å²) in [6.07, 6.45) is 0. The van der Waals surface area contributed by atoms with Crippen molar-refractivity contribution in [1.29, 1.82) is 0 Å². The third-order valence-corrected chi connectivity index (χ3v) is 11.8. The minimum absolute atomic E-state index is 1.11. The van der Waals surface area contributed by atoms with Crippen LogP contribution in [0, 0.1) is 0 Å². The Morgan fingerprint density at radius 3 is 1.22 bits per heavy atom. The summed E-state index contributed by atoms with van der Waals surface area (Å²) < 4.78 is 2.41. The number of fused-ring (bicyclic) bond motifs is 4. The van der Waals surface area contributed by atoms with Gasteiger partial charge in [-0.2, -0.15) is 0 Å². The monoisotopic (exact) mass is 764 g/mol. The molecule has 60 heavy (non-hydrogen) atoms. The Bertz CT molecular complexity index is 3210. The first kappa shape index (κ1) is 35.2. The second kappa shape index (κ2) is 15.1. The van der Waals surface area contributed by atoms with Crippen LogP contribution in [0.25, 0.3) is 82.8 Å². The Labute approximate surface area is 350 Å². The Morgan fingerprint density at radius 2 is 0.633 bits per heavy atom. The van der Waals surface area contributed by atoms with Crippen molar-refractivity contribution < 1.29 is 0 Å². The second-order valence-corrected chi connectivity index (χ2v) is 15.3. The number of hydrogen-bond acceptors (Lipinski definition) is 1. The molecule has 0 aliphatic rings. The minimum Gasteiger partial charge on any atom is -0.311 e. The van der Waals surface area contributed by atoms with Gasteiger partial charge in [0.25, 0.3) is 0 Å². The molecule has 0 saturated carbocycles. The molecule has 0 atom stereocenters. The maximum absolute atomic E-state index is 2.41. The molecule has 10 aromatic carbocycles. The fourth-order valence-corrected chi connectivity index (χ4v) is 8.89. The van der Waals surface area contributed by atoms with Crippen molar-refractivity contribution in [3.8, 4) is 50.2 Å². The van der Waals surface area contributed by atoms with Crippen molar-refractivity contribution in [2.24, 2.45) is 0 Å². The molecule has 2 nitrogen and oxygen atoms in total. The number of rotatable bonds is 8. The molecule has 0 radical (unpaired) electrons. The van der Waals surface area contributed by atoms with Crippen LogP contribution in [0.2, 0.25) is 0 Å². The van der Waals surface area contributed by atoms with Gasteiger partial charge in [-0.05, 0) is 104 Å². The van der Waals surface area contributed by atoms with Gasteiger partial charge < -0.3 is 9.47 Å². The zero-order chi connectivity index (χ0) is 39.8. The van der Waals surface area contributed by atoms with E-state index in [0.717, 1.165) is 17.1 Å². The van der Waals surface area contributed by atoms with Crippen LogP contribution in [0.1, 0.15) is 0 Å². The van der Waals surface area contributed by atoms with E-state index in [4.69, 9.17) is 0 Å². The highest BCUT2D eigenvalue weighted by molar-refractivity contribution is 6.09. The van der Waals surface area contributed by atoms with Crippen molar-refractivity contribution in [2.45, 2.75) is 0 Å². The van der Waals surface area contributed by atoms with Crippen LogP contribution in [0.5, 0.6) is 0 Å². The molecule has 0 spiro atoms. The van der Waals surface area contributed by atoms with Crippen molar-refractivity contribution >= 4 is 49.6 Å². The molecule has 0 amide bonds. The van der Waals surface area contributed by atoms with Crippen molar-refractivity contribution in [1.82, 2.24) is 4.57 Å². The van der Waals surface area contributed by atoms with E-state index >= 15 is 0 Å². The summed E-state index contributed by atoms with van der Waals surface area (Å²) in [6.45, 7) is 0. The Kier molecular flexibility index (Phi) is 8.87. The molecule has 1 aromatic heterocycles. The number of benzene rings is 10. The van der Waals surface area contributed by atoms with Gasteiger partial charge in [-0.15, -0.1) is 0 Å². The summed E-state index contributed by atoms with van der Waals surface area (Å²) in [5.41, 5.74) is 16.5. The topological polar surface area (TPSA) is 8.17 Å². The summed E-state index contributed by atoms with van der Waals surface area (Å²) in [7, 11) is 0. The van der Waals surface area contributed by atoms with E-state index in [0.29, 0.717) is 0 Å². The minimum atomic E-state index is 1.11. The molecule has 0 unspecified atom stereocenters. The summed E-state index contributed by atoms with van der Waals surface area (Å²) in [5.74, 6) is 0. The molecule has 0 aliphatic carbocycles. The van der Waals surface area contributed by atoms with Crippen LogP contribution in [-0.4, -0.2) is 4.57 Å². The van der Waals surface area contributed by atoms with Gasteiger partial charge in [0.05, 0.1) is 16.7 Å². The maximum Gasteiger partial charge on any atom is 0.0541 e. The van der Waals surface area contributed by atoms with Crippen LogP contribution in [0.4, 0.5) is 17.1 Å². The predicted molar refractivity (Wildman–Crippen MR) is 255 cm³/mol. The molecule has 11 aromatic rings. The zero-order valence-corrected chi connectivity index (χ0v) is 33.0. The summed E-state index contributed by atoms with van der Waals surface area (Å²) in [5, 5.41) is 5.07. The van der Waals surface area contributed by atoms with Gasteiger partial charge in [0.15, 0.2) is 0 Å². The summed E-state index contributed by atoms with van der Waals surface area (Å²) in [6, 6.07) is 87.7. The molecule has 0 saturated heterocycles. The standard InChI is InChI=1S/C58H40N2/c1-2-15-48(16-3-1)59(49-37-33-43(34-38-49)41-25-29-46(30-26-41)52-21-12-14-45-13-4-5-17-51(45)52)50-39-35-44(36-40-50)42-27-31-47(32-28-42)53-18-6-9-22-56(53)60-57-23-10-7-19-54(57)55-20-8-11-24-58(55)60/h1-40H. The van der Waals surface area contributed by atoms with Crippen LogP contribution in [0.15, 0.2) is 243 Å². The number of hydrogen-bond donors (Lipinski definition) is 0. The molecule has 0 aliphatic heterocycles. The number of anilines is 3. The summed E-state index contributed by atoms with van der Waals surface area (Å²) in [4.78, 5) is 2.33. The normalized spacial score (nSPS) is 11.3. The van der Waals surface area contributed by atoms with E-state index in [9.17, 15) is 0 Å². The van der Waals surface area contributed by atoms with Gasteiger partial charge in [0.1, 0.15) is 0 Å². The Morgan fingerprint density at radius 1 is 0.250 bits per heavy atom. The van der Waals surface area contributed by atoms with Crippen molar-refractivity contribution in [3.63, 3.8) is 0 Å². The van der Waals surface area contributed by atoms with Crippen LogP contribution in [0.3, 0.4) is 0 Å². The molecular weight excluding hydrogens is 725 g/mol. The Hall–Kier alpha value is -7.94. The molecular formula is C58H40N2. The lowest BCUT2D eigenvalue weighted by molar-refractivity contribution is 1.18. The fraction of sp³-hybridized carbons (Fsp3) is 0. The lowest BCUT2D eigenvalue weighted by Crippen LogP contribution is -2.09. The largest absolute Gasteiger partial charge is 0.311 e. The van der Waals surface area contributed by atoms with E-state index in [1.165, 1.54) is 82.8 Å². The molecule has 11 rings (SSSR count). The average molecular weight is 765 g/mol. The molecule has 2 heteroatoms. The van der Waals surface area contributed by atoms with Gasteiger partial charge in [-0.1, -0.05) is 188 Å². The van der Waals surface area contributed by atoms with E-state index in [2.05, 4.69) is 252 Å². The highest BCUT2D eigenvalue weighted by Crippen LogP contribution is 2.39. The third kappa shape index (κ3) is 6.32. The predicted octanol–water partition coefficient (Wildman–Crippen LogP) is 16.1. The van der Waals surface area contributed by atoms with Crippen molar-refractivity contribution in [3.05, 3.63) is 243 Å². The maximum atomic E-state index is 2.41. The first-order chi connectivity index (χ1) is 29.8. The van der Waals surface area contributed by atoms with Gasteiger partial charge >= 0.3 is 0 Å². The molecule has 0 fully saturated rings. The van der Waals surface area contributed by atoms with Crippen LogP contribution in [-0.2, 0) is 0 Å². The molecule has 1 heterocycles. The zero-order valence-electron chi connectivity index (χ0n) is 33.0. The van der Waals surface area contributed by atoms with Gasteiger partial charge in [0, 0.05) is 33.4 Å². The first-order valence-electron chi connectivity index (χ1n) is 20.6. The van der Waals surface area contributed by atoms with Gasteiger partial charge in [0.2, 0.25) is 0 Å². The van der Waals surface area contributed by atoms with E-state index in [1.54, 1.807) is 0 Å². The van der Waals surface area contributed by atoms with E-state index in [1.807, 2.05) is 0 Å². The Balaban J connectivity index is 0.871. The summed E-state index contributed by atoms with van der Waals surface area (Å²) >= 11 is 0. The number of para-hydroxylation sites is 4. The van der Waals surface area contributed by atoms with E-state index < -0.39 is 0 Å². The lowest BCUT2D eigenvalue weighted by Gasteiger charge is -2.26. The van der Waals surface area contributed by atoms with Crippen LogP contribution >= 0.6 is 0 Å². The molecule has 282 valence electrons.